The first kappa shape index (κ1) is 17.3. The highest BCUT2D eigenvalue weighted by molar-refractivity contribution is 7.98. The molecule has 0 bridgehead atoms. The summed E-state index contributed by atoms with van der Waals surface area (Å²) in [6.45, 7) is 3.01. The predicted molar refractivity (Wildman–Crippen MR) is 88.0 cm³/mol. The molecule has 1 fully saturated rings. The van der Waals surface area contributed by atoms with Crippen LogP contribution in [-0.4, -0.2) is 31.8 Å². The van der Waals surface area contributed by atoms with Crippen LogP contribution in [0.4, 0.5) is 0 Å². The summed E-state index contributed by atoms with van der Waals surface area (Å²) in [4.78, 5) is 13.1. The van der Waals surface area contributed by atoms with Crippen LogP contribution in [0.5, 0.6) is 0 Å². The molecule has 0 spiro atoms. The Kier molecular flexibility index (Phi) is 8.04. The molecular weight excluding hydrogens is 292 g/mol. The highest BCUT2D eigenvalue weighted by Gasteiger charge is 2.13. The average Bonchev–Trinajstić information content (AvgIpc) is 2.48. The molecule has 1 heterocycles. The number of piperidine rings is 1. The maximum atomic E-state index is 12.0. The Morgan fingerprint density at radius 1 is 1.40 bits per heavy atom. The van der Waals surface area contributed by atoms with E-state index in [2.05, 4.69) is 10.6 Å². The Hall–Kier alpha value is -0.710. The van der Waals surface area contributed by atoms with Crippen molar-refractivity contribution in [2.45, 2.75) is 24.2 Å². The quantitative estimate of drug-likeness (QED) is 0.821. The van der Waals surface area contributed by atoms with Gasteiger partial charge in [0, 0.05) is 17.0 Å². The fraction of sp³-hybridized carbons (Fsp3) is 0.533. The first-order chi connectivity index (χ1) is 9.29. The number of amides is 1. The van der Waals surface area contributed by atoms with Crippen LogP contribution in [0.3, 0.4) is 0 Å². The minimum absolute atomic E-state index is 0. The summed E-state index contributed by atoms with van der Waals surface area (Å²) in [7, 11) is 0. The number of carbonyl (C=O) groups excluding carboxylic acids is 1. The SMILES string of the molecule is CSc1ccc(C(=O)NCCC2CCCNC2)cc1.Cl. The molecule has 0 saturated carbocycles. The molecule has 1 aromatic rings. The van der Waals surface area contributed by atoms with Crippen molar-refractivity contribution in [1.82, 2.24) is 10.6 Å². The Morgan fingerprint density at radius 2 is 2.15 bits per heavy atom. The third-order valence-electron chi connectivity index (χ3n) is 3.59. The monoisotopic (exact) mass is 314 g/mol. The van der Waals surface area contributed by atoms with Crippen molar-refractivity contribution in [2.24, 2.45) is 5.92 Å². The van der Waals surface area contributed by atoms with E-state index in [9.17, 15) is 4.79 Å². The first-order valence-electron chi connectivity index (χ1n) is 6.92. The number of carbonyl (C=O) groups is 1. The minimum Gasteiger partial charge on any atom is -0.352 e. The maximum Gasteiger partial charge on any atom is 0.251 e. The van der Waals surface area contributed by atoms with Gasteiger partial charge in [0.25, 0.3) is 5.91 Å². The maximum absolute atomic E-state index is 12.0. The van der Waals surface area contributed by atoms with Gasteiger partial charge in [-0.05, 0) is 68.8 Å². The lowest BCUT2D eigenvalue weighted by Gasteiger charge is -2.22. The van der Waals surface area contributed by atoms with Crippen molar-refractivity contribution in [3.8, 4) is 0 Å². The second-order valence-corrected chi connectivity index (χ2v) is 5.87. The van der Waals surface area contributed by atoms with Crippen molar-refractivity contribution in [2.75, 3.05) is 25.9 Å². The second-order valence-electron chi connectivity index (χ2n) is 4.99. The number of thioether (sulfide) groups is 1. The number of hydrogen-bond acceptors (Lipinski definition) is 3. The van der Waals surface area contributed by atoms with Gasteiger partial charge in [-0.25, -0.2) is 0 Å². The topological polar surface area (TPSA) is 41.1 Å². The van der Waals surface area contributed by atoms with Gasteiger partial charge < -0.3 is 10.6 Å². The van der Waals surface area contributed by atoms with Crippen LogP contribution in [0.15, 0.2) is 29.2 Å². The van der Waals surface area contributed by atoms with E-state index in [-0.39, 0.29) is 18.3 Å². The van der Waals surface area contributed by atoms with Gasteiger partial charge >= 0.3 is 0 Å². The van der Waals surface area contributed by atoms with Gasteiger partial charge in [-0.15, -0.1) is 24.2 Å². The van der Waals surface area contributed by atoms with Gasteiger partial charge in [0.05, 0.1) is 0 Å². The zero-order valence-corrected chi connectivity index (χ0v) is 13.5. The van der Waals surface area contributed by atoms with E-state index in [0.29, 0.717) is 5.92 Å². The van der Waals surface area contributed by atoms with Crippen LogP contribution in [-0.2, 0) is 0 Å². The Bertz CT molecular complexity index is 405. The minimum atomic E-state index is 0. The van der Waals surface area contributed by atoms with E-state index in [1.165, 1.54) is 17.7 Å². The summed E-state index contributed by atoms with van der Waals surface area (Å²) >= 11 is 1.69. The fourth-order valence-corrected chi connectivity index (χ4v) is 2.81. The van der Waals surface area contributed by atoms with E-state index < -0.39 is 0 Å². The van der Waals surface area contributed by atoms with Crippen LogP contribution in [0.25, 0.3) is 0 Å². The molecule has 1 aromatic carbocycles. The van der Waals surface area contributed by atoms with Crippen LogP contribution in [0, 0.1) is 5.92 Å². The molecule has 112 valence electrons. The predicted octanol–water partition coefficient (Wildman–Crippen LogP) is 2.95. The highest BCUT2D eigenvalue weighted by Crippen LogP contribution is 2.15. The standard InChI is InChI=1S/C15H22N2OS.ClH/c1-19-14-6-4-13(5-7-14)15(18)17-10-8-12-3-2-9-16-11-12;/h4-7,12,16H,2-3,8-11H2,1H3,(H,17,18);1H. The molecule has 0 aliphatic carbocycles. The molecule has 20 heavy (non-hydrogen) atoms. The number of hydrogen-bond donors (Lipinski definition) is 2. The van der Waals surface area contributed by atoms with Gasteiger partial charge in [-0.2, -0.15) is 0 Å². The van der Waals surface area contributed by atoms with Crippen molar-refractivity contribution >= 4 is 30.1 Å². The molecule has 1 aliphatic rings. The van der Waals surface area contributed by atoms with Crippen molar-refractivity contribution in [3.63, 3.8) is 0 Å². The highest BCUT2D eigenvalue weighted by atomic mass is 35.5. The first-order valence-corrected chi connectivity index (χ1v) is 8.15. The number of rotatable bonds is 5. The zero-order chi connectivity index (χ0) is 13.5. The lowest BCUT2D eigenvalue weighted by molar-refractivity contribution is 0.0950. The third-order valence-corrected chi connectivity index (χ3v) is 4.33. The van der Waals surface area contributed by atoms with Gasteiger partial charge in [0.2, 0.25) is 0 Å². The zero-order valence-electron chi connectivity index (χ0n) is 11.9. The largest absolute Gasteiger partial charge is 0.352 e. The molecule has 1 unspecified atom stereocenters. The van der Waals surface area contributed by atoms with E-state index in [4.69, 9.17) is 0 Å². The molecule has 0 radical (unpaired) electrons. The Morgan fingerprint density at radius 3 is 2.75 bits per heavy atom. The van der Waals surface area contributed by atoms with Crippen molar-refractivity contribution in [3.05, 3.63) is 29.8 Å². The molecule has 2 N–H and O–H groups in total. The fourth-order valence-electron chi connectivity index (χ4n) is 2.40. The molecule has 2 rings (SSSR count). The molecule has 1 amide bonds. The van der Waals surface area contributed by atoms with Crippen LogP contribution < -0.4 is 10.6 Å². The van der Waals surface area contributed by atoms with Crippen LogP contribution in [0.2, 0.25) is 0 Å². The molecule has 1 saturated heterocycles. The summed E-state index contributed by atoms with van der Waals surface area (Å²) < 4.78 is 0. The second kappa shape index (κ2) is 9.27. The average molecular weight is 315 g/mol. The summed E-state index contributed by atoms with van der Waals surface area (Å²) in [5.41, 5.74) is 0.750. The van der Waals surface area contributed by atoms with E-state index >= 15 is 0 Å². The lowest BCUT2D eigenvalue weighted by atomic mass is 9.96. The molecule has 3 nitrogen and oxygen atoms in total. The molecule has 5 heteroatoms. The smallest absolute Gasteiger partial charge is 0.251 e. The van der Waals surface area contributed by atoms with Crippen molar-refractivity contribution in [1.29, 1.82) is 0 Å². The van der Waals surface area contributed by atoms with Crippen LogP contribution in [0.1, 0.15) is 29.6 Å². The Balaban J connectivity index is 0.00000200. The van der Waals surface area contributed by atoms with Crippen LogP contribution >= 0.6 is 24.2 Å². The third kappa shape index (κ3) is 5.35. The van der Waals surface area contributed by atoms with E-state index in [0.717, 1.165) is 31.6 Å². The molecule has 0 aromatic heterocycles. The Labute approximate surface area is 131 Å². The molecular formula is C15H23ClN2OS. The summed E-state index contributed by atoms with van der Waals surface area (Å²) in [6, 6.07) is 7.77. The lowest BCUT2D eigenvalue weighted by Crippen LogP contribution is -2.33. The van der Waals surface area contributed by atoms with Crippen molar-refractivity contribution < 1.29 is 4.79 Å². The summed E-state index contributed by atoms with van der Waals surface area (Å²) in [5, 5.41) is 6.41. The number of benzene rings is 1. The normalized spacial score (nSPS) is 18.1. The van der Waals surface area contributed by atoms with Gasteiger partial charge in [-0.3, -0.25) is 4.79 Å². The van der Waals surface area contributed by atoms with E-state index in [1.54, 1.807) is 11.8 Å². The van der Waals surface area contributed by atoms with Gasteiger partial charge in [0.15, 0.2) is 0 Å². The molecule has 1 atom stereocenters. The van der Waals surface area contributed by atoms with Gasteiger partial charge in [-0.1, -0.05) is 0 Å². The number of nitrogens with one attached hydrogen (secondary N) is 2. The number of halogens is 1. The van der Waals surface area contributed by atoms with E-state index in [1.807, 2.05) is 30.5 Å². The van der Waals surface area contributed by atoms with Gasteiger partial charge in [0.1, 0.15) is 0 Å². The molecule has 1 aliphatic heterocycles. The summed E-state index contributed by atoms with van der Waals surface area (Å²) in [6.07, 6.45) is 5.65. The summed E-state index contributed by atoms with van der Waals surface area (Å²) in [5.74, 6) is 0.754.